The van der Waals surface area contributed by atoms with Gasteiger partial charge in [0.25, 0.3) is 0 Å². The van der Waals surface area contributed by atoms with Crippen molar-refractivity contribution in [2.24, 2.45) is 0 Å². The van der Waals surface area contributed by atoms with E-state index in [1.165, 1.54) is 0 Å². The van der Waals surface area contributed by atoms with Gasteiger partial charge in [0.2, 0.25) is 5.91 Å². The second-order valence-electron chi connectivity index (χ2n) is 4.88. The topological polar surface area (TPSA) is 54.9 Å². The fraction of sp³-hybridized carbons (Fsp3) is 0.118. The molecule has 4 nitrogen and oxygen atoms in total. The van der Waals surface area contributed by atoms with E-state index in [1.54, 1.807) is 29.9 Å². The average Bonchev–Trinajstić information content (AvgIpc) is 3.07. The van der Waals surface area contributed by atoms with Gasteiger partial charge in [-0.3, -0.25) is 14.8 Å². The molecule has 3 aromatic rings. The van der Waals surface area contributed by atoms with E-state index < -0.39 is 0 Å². The van der Waals surface area contributed by atoms with Crippen LogP contribution < -0.4 is 5.32 Å². The van der Waals surface area contributed by atoms with Gasteiger partial charge in [-0.05, 0) is 46.2 Å². The highest BCUT2D eigenvalue weighted by molar-refractivity contribution is 7.07. The van der Waals surface area contributed by atoms with Crippen molar-refractivity contribution in [3.63, 3.8) is 0 Å². The summed E-state index contributed by atoms with van der Waals surface area (Å²) >= 11 is 1.60. The molecule has 5 heteroatoms. The maximum absolute atomic E-state index is 11.8. The van der Waals surface area contributed by atoms with Crippen molar-refractivity contribution in [2.75, 3.05) is 0 Å². The van der Waals surface area contributed by atoms with Gasteiger partial charge >= 0.3 is 0 Å². The van der Waals surface area contributed by atoms with Gasteiger partial charge in [0.1, 0.15) is 0 Å². The van der Waals surface area contributed by atoms with Crippen LogP contribution in [-0.2, 0) is 17.8 Å². The molecule has 0 aliphatic rings. The Morgan fingerprint density at radius 1 is 1.14 bits per heavy atom. The summed E-state index contributed by atoms with van der Waals surface area (Å²) in [6, 6.07) is 9.74. The van der Waals surface area contributed by atoms with E-state index in [2.05, 4.69) is 15.3 Å². The Balaban J connectivity index is 1.56. The largest absolute Gasteiger partial charge is 0.352 e. The number of carbonyl (C=O) groups is 1. The summed E-state index contributed by atoms with van der Waals surface area (Å²) in [5.41, 5.74) is 3.89. The van der Waals surface area contributed by atoms with Crippen molar-refractivity contribution in [1.82, 2.24) is 15.3 Å². The minimum atomic E-state index is 0.0229. The first-order valence-electron chi connectivity index (χ1n) is 6.94. The Morgan fingerprint density at radius 2 is 2.09 bits per heavy atom. The number of nitrogens with one attached hydrogen (secondary N) is 1. The lowest BCUT2D eigenvalue weighted by molar-refractivity contribution is -0.120. The minimum Gasteiger partial charge on any atom is -0.352 e. The Bertz CT molecular complexity index is 724. The molecule has 0 aliphatic carbocycles. The van der Waals surface area contributed by atoms with Gasteiger partial charge in [0.15, 0.2) is 0 Å². The molecule has 0 spiro atoms. The smallest absolute Gasteiger partial charge is 0.224 e. The van der Waals surface area contributed by atoms with Crippen molar-refractivity contribution >= 4 is 17.2 Å². The second kappa shape index (κ2) is 6.95. The lowest BCUT2D eigenvalue weighted by Gasteiger charge is -2.06. The van der Waals surface area contributed by atoms with Crippen LogP contribution in [0, 0.1) is 0 Å². The number of nitrogens with zero attached hydrogens (tertiary/aromatic N) is 2. The molecule has 3 rings (SSSR count). The van der Waals surface area contributed by atoms with E-state index in [0.717, 1.165) is 22.4 Å². The molecule has 0 fully saturated rings. The summed E-state index contributed by atoms with van der Waals surface area (Å²) in [5.74, 6) is 0.0229. The number of hydrogen-bond donors (Lipinski definition) is 1. The van der Waals surface area contributed by atoms with Gasteiger partial charge < -0.3 is 5.32 Å². The molecule has 1 N–H and O–H groups in total. The van der Waals surface area contributed by atoms with Crippen LogP contribution in [0.5, 0.6) is 0 Å². The summed E-state index contributed by atoms with van der Waals surface area (Å²) in [5, 5.41) is 6.88. The average molecular weight is 309 g/mol. The van der Waals surface area contributed by atoms with Gasteiger partial charge in [-0.15, -0.1) is 0 Å². The highest BCUT2D eigenvalue weighted by atomic mass is 32.1. The molecule has 110 valence electrons. The van der Waals surface area contributed by atoms with Crippen LogP contribution in [0.4, 0.5) is 0 Å². The number of carbonyl (C=O) groups excluding carboxylic acids is 1. The molecule has 0 aromatic carbocycles. The predicted molar refractivity (Wildman–Crippen MR) is 87.3 cm³/mol. The molecule has 0 saturated carbocycles. The van der Waals surface area contributed by atoms with Crippen LogP contribution >= 0.6 is 11.3 Å². The number of aromatic nitrogens is 2. The molecule has 0 radical (unpaired) electrons. The van der Waals surface area contributed by atoms with Crippen molar-refractivity contribution < 1.29 is 4.79 Å². The third kappa shape index (κ3) is 3.77. The maximum atomic E-state index is 11.8. The van der Waals surface area contributed by atoms with E-state index in [9.17, 15) is 4.79 Å². The Morgan fingerprint density at radius 3 is 2.77 bits per heavy atom. The molecule has 22 heavy (non-hydrogen) atoms. The first-order valence-corrected chi connectivity index (χ1v) is 7.88. The molecule has 0 saturated heterocycles. The van der Waals surface area contributed by atoms with Gasteiger partial charge in [0.05, 0.1) is 12.1 Å². The number of hydrogen-bond acceptors (Lipinski definition) is 4. The lowest BCUT2D eigenvalue weighted by Crippen LogP contribution is -2.24. The Labute approximate surface area is 132 Å². The molecule has 3 aromatic heterocycles. The van der Waals surface area contributed by atoms with Crippen molar-refractivity contribution in [3.05, 3.63) is 70.8 Å². The zero-order valence-corrected chi connectivity index (χ0v) is 12.7. The SMILES string of the molecule is O=C(Cc1ccsc1)NCc1ccc(-c2cccnc2)nc1. The first kappa shape index (κ1) is 14.4. The van der Waals surface area contributed by atoms with E-state index in [1.807, 2.05) is 41.1 Å². The fourth-order valence-electron chi connectivity index (χ4n) is 2.06. The quantitative estimate of drug-likeness (QED) is 0.788. The maximum Gasteiger partial charge on any atom is 0.224 e. The number of thiophene rings is 1. The standard InChI is InChI=1S/C17H15N3OS/c21-17(8-13-5-7-22-12-13)20-10-14-3-4-16(19-9-14)15-2-1-6-18-11-15/h1-7,9,11-12H,8,10H2,(H,20,21). The Hall–Kier alpha value is -2.53. The zero-order valence-electron chi connectivity index (χ0n) is 11.9. The van der Waals surface area contributed by atoms with Crippen LogP contribution in [-0.4, -0.2) is 15.9 Å². The first-order chi connectivity index (χ1) is 10.8. The van der Waals surface area contributed by atoms with E-state index >= 15 is 0 Å². The predicted octanol–water partition coefficient (Wildman–Crippen LogP) is 3.06. The van der Waals surface area contributed by atoms with Crippen LogP contribution in [0.15, 0.2) is 59.7 Å². The second-order valence-corrected chi connectivity index (χ2v) is 5.66. The number of amides is 1. The lowest BCUT2D eigenvalue weighted by atomic mass is 10.1. The van der Waals surface area contributed by atoms with Crippen LogP contribution in [0.2, 0.25) is 0 Å². The highest BCUT2D eigenvalue weighted by Gasteiger charge is 2.04. The van der Waals surface area contributed by atoms with Crippen LogP contribution in [0.3, 0.4) is 0 Å². The normalized spacial score (nSPS) is 10.4. The number of rotatable bonds is 5. The molecule has 0 unspecified atom stereocenters. The minimum absolute atomic E-state index is 0.0229. The zero-order chi connectivity index (χ0) is 15.2. The van der Waals surface area contributed by atoms with Crippen molar-refractivity contribution in [2.45, 2.75) is 13.0 Å². The van der Waals surface area contributed by atoms with Gasteiger partial charge in [-0.25, -0.2) is 0 Å². The van der Waals surface area contributed by atoms with Crippen molar-refractivity contribution in [1.29, 1.82) is 0 Å². The monoisotopic (exact) mass is 309 g/mol. The van der Waals surface area contributed by atoms with Gasteiger partial charge in [-0.1, -0.05) is 6.07 Å². The molecule has 3 heterocycles. The molecule has 0 bridgehead atoms. The third-order valence-corrected chi connectivity index (χ3v) is 3.95. The van der Waals surface area contributed by atoms with Gasteiger partial charge in [0, 0.05) is 30.7 Å². The highest BCUT2D eigenvalue weighted by Crippen LogP contribution is 2.15. The Kier molecular flexibility index (Phi) is 4.56. The summed E-state index contributed by atoms with van der Waals surface area (Å²) in [4.78, 5) is 20.3. The fourth-order valence-corrected chi connectivity index (χ4v) is 2.72. The molecular formula is C17H15N3OS. The third-order valence-electron chi connectivity index (χ3n) is 3.22. The number of pyridine rings is 2. The van der Waals surface area contributed by atoms with Crippen molar-refractivity contribution in [3.8, 4) is 11.3 Å². The molecule has 1 amide bonds. The van der Waals surface area contributed by atoms with E-state index in [-0.39, 0.29) is 5.91 Å². The molecule has 0 atom stereocenters. The van der Waals surface area contributed by atoms with E-state index in [4.69, 9.17) is 0 Å². The summed E-state index contributed by atoms with van der Waals surface area (Å²) in [6.07, 6.45) is 5.73. The summed E-state index contributed by atoms with van der Waals surface area (Å²) in [7, 11) is 0. The summed E-state index contributed by atoms with van der Waals surface area (Å²) in [6.45, 7) is 0.489. The molecule has 0 aliphatic heterocycles. The molecular weight excluding hydrogens is 294 g/mol. The summed E-state index contributed by atoms with van der Waals surface area (Å²) < 4.78 is 0. The van der Waals surface area contributed by atoms with Crippen LogP contribution in [0.25, 0.3) is 11.3 Å². The van der Waals surface area contributed by atoms with Crippen LogP contribution in [0.1, 0.15) is 11.1 Å². The van der Waals surface area contributed by atoms with Gasteiger partial charge in [-0.2, -0.15) is 11.3 Å². The van der Waals surface area contributed by atoms with E-state index in [0.29, 0.717) is 13.0 Å².